The summed E-state index contributed by atoms with van der Waals surface area (Å²) < 4.78 is 5.38. The van der Waals surface area contributed by atoms with E-state index < -0.39 is 12.0 Å². The van der Waals surface area contributed by atoms with Gasteiger partial charge in [-0.3, -0.25) is 9.59 Å². The van der Waals surface area contributed by atoms with E-state index in [1.165, 1.54) is 16.7 Å². The lowest BCUT2D eigenvalue weighted by Gasteiger charge is -2.15. The van der Waals surface area contributed by atoms with Crippen molar-refractivity contribution in [2.45, 2.75) is 19.5 Å². The van der Waals surface area contributed by atoms with Gasteiger partial charge in [0.25, 0.3) is 0 Å². The first-order valence-corrected chi connectivity index (χ1v) is 6.91. The van der Waals surface area contributed by atoms with Crippen molar-refractivity contribution in [3.05, 3.63) is 23.7 Å². The molecule has 1 rings (SSSR count). The van der Waals surface area contributed by atoms with Crippen LogP contribution in [0, 0.1) is 6.92 Å². The average Bonchev–Trinajstić information content (AvgIpc) is 2.74. The number of carboxylic acid groups (broad SMARTS) is 1. The van der Waals surface area contributed by atoms with Crippen LogP contribution < -0.4 is 5.73 Å². The summed E-state index contributed by atoms with van der Waals surface area (Å²) in [4.78, 5) is 23.8. The molecule has 106 valence electrons. The van der Waals surface area contributed by atoms with Crippen LogP contribution in [0.3, 0.4) is 0 Å². The van der Waals surface area contributed by atoms with Crippen LogP contribution in [0.2, 0.25) is 0 Å². The molecule has 3 N–H and O–H groups in total. The molecule has 1 aromatic rings. The molecule has 0 saturated carbocycles. The molecule has 0 fully saturated rings. The van der Waals surface area contributed by atoms with Crippen LogP contribution in [0.4, 0.5) is 0 Å². The maximum atomic E-state index is 11.8. The number of aryl methyl sites for hydroxylation is 1. The van der Waals surface area contributed by atoms with Gasteiger partial charge in [0.15, 0.2) is 0 Å². The highest BCUT2D eigenvalue weighted by molar-refractivity contribution is 8.00. The Kier molecular flexibility index (Phi) is 5.91. The maximum absolute atomic E-state index is 11.8. The Labute approximate surface area is 115 Å². The van der Waals surface area contributed by atoms with Crippen molar-refractivity contribution in [2.75, 3.05) is 18.6 Å². The van der Waals surface area contributed by atoms with Crippen LogP contribution in [0.5, 0.6) is 0 Å². The number of thioether (sulfide) groups is 1. The number of carbonyl (C=O) groups excluding carboxylic acids is 1. The molecule has 0 radical (unpaired) electrons. The van der Waals surface area contributed by atoms with Gasteiger partial charge in [-0.15, -0.1) is 11.8 Å². The van der Waals surface area contributed by atoms with E-state index in [-0.39, 0.29) is 17.4 Å². The van der Waals surface area contributed by atoms with Gasteiger partial charge in [-0.05, 0) is 19.1 Å². The van der Waals surface area contributed by atoms with Crippen LogP contribution in [-0.2, 0) is 16.1 Å². The van der Waals surface area contributed by atoms with Gasteiger partial charge in [-0.1, -0.05) is 0 Å². The molecule has 0 aliphatic heterocycles. The average molecular weight is 286 g/mol. The molecule has 19 heavy (non-hydrogen) atoms. The van der Waals surface area contributed by atoms with Crippen LogP contribution >= 0.6 is 11.8 Å². The summed E-state index contributed by atoms with van der Waals surface area (Å²) >= 11 is 1.21. The number of rotatable bonds is 7. The number of hydrogen-bond donors (Lipinski definition) is 2. The molecule has 0 aliphatic rings. The molecule has 0 bridgehead atoms. The van der Waals surface area contributed by atoms with Crippen molar-refractivity contribution in [3.8, 4) is 0 Å². The van der Waals surface area contributed by atoms with Crippen molar-refractivity contribution in [3.63, 3.8) is 0 Å². The monoisotopic (exact) mass is 286 g/mol. The van der Waals surface area contributed by atoms with Crippen molar-refractivity contribution < 1.29 is 19.1 Å². The van der Waals surface area contributed by atoms with Gasteiger partial charge in [0.1, 0.15) is 17.6 Å². The van der Waals surface area contributed by atoms with Gasteiger partial charge in [0, 0.05) is 12.8 Å². The third-order valence-corrected chi connectivity index (χ3v) is 3.50. The van der Waals surface area contributed by atoms with Crippen LogP contribution in [-0.4, -0.2) is 46.5 Å². The molecule has 1 aromatic heterocycles. The Bertz CT molecular complexity index is 447. The van der Waals surface area contributed by atoms with Gasteiger partial charge < -0.3 is 20.2 Å². The minimum atomic E-state index is -1.06. The standard InChI is InChI=1S/C12H18N2O4S/c1-8-3-4-9(18-8)5-14(2)11(15)7-19-6-10(13)12(16)17/h3-4,10H,5-7,13H2,1-2H3,(H,16,17). The number of aliphatic carboxylic acids is 1. The topological polar surface area (TPSA) is 96.8 Å². The second kappa shape index (κ2) is 7.20. The number of carbonyl (C=O) groups is 2. The van der Waals surface area contributed by atoms with Crippen molar-refractivity contribution in [1.29, 1.82) is 0 Å². The van der Waals surface area contributed by atoms with Crippen molar-refractivity contribution >= 4 is 23.6 Å². The highest BCUT2D eigenvalue weighted by atomic mass is 32.2. The number of carboxylic acids is 1. The number of nitrogens with zero attached hydrogens (tertiary/aromatic N) is 1. The maximum Gasteiger partial charge on any atom is 0.321 e. The zero-order valence-electron chi connectivity index (χ0n) is 11.0. The Balaban J connectivity index is 2.31. The molecule has 1 heterocycles. The number of amides is 1. The summed E-state index contributed by atoms with van der Waals surface area (Å²) in [6.45, 7) is 2.24. The van der Waals surface area contributed by atoms with E-state index in [2.05, 4.69) is 0 Å². The second-order valence-corrected chi connectivity index (χ2v) is 5.25. The summed E-state index contributed by atoms with van der Waals surface area (Å²) in [6, 6.07) is 2.73. The highest BCUT2D eigenvalue weighted by Gasteiger charge is 2.15. The molecule has 1 amide bonds. The lowest BCUT2D eigenvalue weighted by molar-refractivity contribution is -0.138. The lowest BCUT2D eigenvalue weighted by Crippen LogP contribution is -2.34. The highest BCUT2D eigenvalue weighted by Crippen LogP contribution is 2.10. The van der Waals surface area contributed by atoms with Crippen molar-refractivity contribution in [2.24, 2.45) is 5.73 Å². The van der Waals surface area contributed by atoms with Gasteiger partial charge in [0.2, 0.25) is 5.91 Å². The summed E-state index contributed by atoms with van der Waals surface area (Å²) in [6.07, 6.45) is 0. The Hall–Kier alpha value is -1.47. The van der Waals surface area contributed by atoms with E-state index in [9.17, 15) is 9.59 Å². The van der Waals surface area contributed by atoms with E-state index in [4.69, 9.17) is 15.3 Å². The summed E-state index contributed by atoms with van der Waals surface area (Å²) in [7, 11) is 1.68. The third kappa shape index (κ3) is 5.35. The van der Waals surface area contributed by atoms with Gasteiger partial charge in [0.05, 0.1) is 12.3 Å². The number of furan rings is 1. The van der Waals surface area contributed by atoms with E-state index in [0.717, 1.165) is 11.5 Å². The van der Waals surface area contributed by atoms with E-state index in [0.29, 0.717) is 6.54 Å². The summed E-state index contributed by atoms with van der Waals surface area (Å²) in [5.41, 5.74) is 5.34. The van der Waals surface area contributed by atoms with Crippen LogP contribution in [0.15, 0.2) is 16.5 Å². The molecule has 0 spiro atoms. The summed E-state index contributed by atoms with van der Waals surface area (Å²) in [5, 5.41) is 8.61. The fraction of sp³-hybridized carbons (Fsp3) is 0.500. The molecular weight excluding hydrogens is 268 g/mol. The predicted molar refractivity (Wildman–Crippen MR) is 72.9 cm³/mol. The SMILES string of the molecule is Cc1ccc(CN(C)C(=O)CSCC(N)C(=O)O)o1. The quantitative estimate of drug-likeness (QED) is 0.765. The van der Waals surface area contributed by atoms with Crippen LogP contribution in [0.25, 0.3) is 0 Å². The van der Waals surface area contributed by atoms with Gasteiger partial charge >= 0.3 is 5.97 Å². The third-order valence-electron chi connectivity index (χ3n) is 2.45. The Morgan fingerprint density at radius 1 is 1.53 bits per heavy atom. The zero-order valence-corrected chi connectivity index (χ0v) is 11.8. The minimum absolute atomic E-state index is 0.0864. The first-order chi connectivity index (χ1) is 8.90. The normalized spacial score (nSPS) is 12.2. The molecule has 1 atom stereocenters. The van der Waals surface area contributed by atoms with Crippen molar-refractivity contribution in [1.82, 2.24) is 4.90 Å². The fourth-order valence-corrected chi connectivity index (χ4v) is 2.26. The molecule has 0 saturated heterocycles. The summed E-state index contributed by atoms with van der Waals surface area (Å²) in [5.74, 6) is 0.806. The molecule has 6 nitrogen and oxygen atoms in total. The van der Waals surface area contributed by atoms with E-state index in [1.807, 2.05) is 19.1 Å². The van der Waals surface area contributed by atoms with Gasteiger partial charge in [-0.25, -0.2) is 0 Å². The Morgan fingerprint density at radius 3 is 2.74 bits per heavy atom. The number of hydrogen-bond acceptors (Lipinski definition) is 5. The predicted octanol–water partition coefficient (Wildman–Crippen LogP) is 0.692. The second-order valence-electron chi connectivity index (χ2n) is 4.22. The molecular formula is C12H18N2O4S. The lowest BCUT2D eigenvalue weighted by atomic mass is 10.4. The minimum Gasteiger partial charge on any atom is -0.480 e. The van der Waals surface area contributed by atoms with Crippen LogP contribution in [0.1, 0.15) is 11.5 Å². The number of nitrogens with two attached hydrogens (primary N) is 1. The molecule has 0 aromatic carbocycles. The van der Waals surface area contributed by atoms with Gasteiger partial charge in [-0.2, -0.15) is 0 Å². The first kappa shape index (κ1) is 15.6. The Morgan fingerprint density at radius 2 is 2.21 bits per heavy atom. The molecule has 7 heteroatoms. The van der Waals surface area contributed by atoms with E-state index >= 15 is 0 Å². The zero-order chi connectivity index (χ0) is 14.4. The largest absolute Gasteiger partial charge is 0.480 e. The van der Waals surface area contributed by atoms with E-state index in [1.54, 1.807) is 7.05 Å². The molecule has 1 unspecified atom stereocenters. The molecule has 0 aliphatic carbocycles. The smallest absolute Gasteiger partial charge is 0.321 e. The fourth-order valence-electron chi connectivity index (χ4n) is 1.35. The first-order valence-electron chi connectivity index (χ1n) is 5.75.